The number of para-hydroxylation sites is 1. The minimum Gasteiger partial charge on any atom is -0.457 e. The number of anilines is 2. The molecule has 0 aliphatic rings. The molecule has 2 heterocycles. The van der Waals surface area contributed by atoms with Gasteiger partial charge < -0.3 is 20.5 Å². The molecule has 0 fully saturated rings. The quantitative estimate of drug-likeness (QED) is 0.347. The first-order valence-corrected chi connectivity index (χ1v) is 9.34. The van der Waals surface area contributed by atoms with E-state index in [2.05, 4.69) is 30.2 Å². The summed E-state index contributed by atoms with van der Waals surface area (Å²) >= 11 is 0. The Bertz CT molecular complexity index is 1230. The molecule has 0 spiro atoms. The summed E-state index contributed by atoms with van der Waals surface area (Å²) in [5, 5.41) is 11.4. The molecule has 1 amide bonds. The zero-order chi connectivity index (χ0) is 22.3. The SMILES string of the molecule is NC(=O)OC(=O)c1cc(Oc2ccc(-c3cnc(Nc4ccccc4)nn3)cc2)ccn1. The van der Waals surface area contributed by atoms with Crippen molar-refractivity contribution < 1.29 is 19.1 Å². The number of rotatable bonds is 6. The lowest BCUT2D eigenvalue weighted by Crippen LogP contribution is -2.19. The molecule has 158 valence electrons. The maximum Gasteiger partial charge on any atom is 0.412 e. The number of carbonyl (C=O) groups is 2. The van der Waals surface area contributed by atoms with Gasteiger partial charge in [-0.05, 0) is 42.5 Å². The molecule has 3 N–H and O–H groups in total. The molecule has 2 aromatic heterocycles. The van der Waals surface area contributed by atoms with E-state index in [1.54, 1.807) is 36.5 Å². The number of nitrogens with one attached hydrogen (secondary N) is 1. The zero-order valence-corrected chi connectivity index (χ0v) is 16.5. The highest BCUT2D eigenvalue weighted by molar-refractivity contribution is 5.94. The second-order valence-electron chi connectivity index (χ2n) is 6.37. The molecule has 0 saturated carbocycles. The molecule has 0 unspecified atom stereocenters. The van der Waals surface area contributed by atoms with Crippen LogP contribution in [0.4, 0.5) is 16.4 Å². The van der Waals surface area contributed by atoms with E-state index in [1.165, 1.54) is 12.3 Å². The highest BCUT2D eigenvalue weighted by Crippen LogP contribution is 2.25. The van der Waals surface area contributed by atoms with Crippen molar-refractivity contribution in [3.8, 4) is 22.8 Å². The van der Waals surface area contributed by atoms with Crippen LogP contribution in [-0.2, 0) is 4.74 Å². The van der Waals surface area contributed by atoms with Gasteiger partial charge in [-0.1, -0.05) is 18.2 Å². The average molecular weight is 428 g/mol. The van der Waals surface area contributed by atoms with Crippen molar-refractivity contribution in [1.29, 1.82) is 0 Å². The van der Waals surface area contributed by atoms with Crippen LogP contribution < -0.4 is 15.8 Å². The van der Waals surface area contributed by atoms with Crippen LogP contribution in [0.1, 0.15) is 10.5 Å². The zero-order valence-electron chi connectivity index (χ0n) is 16.5. The molecule has 10 nitrogen and oxygen atoms in total. The van der Waals surface area contributed by atoms with Crippen molar-refractivity contribution in [3.63, 3.8) is 0 Å². The van der Waals surface area contributed by atoms with Crippen molar-refractivity contribution in [3.05, 3.63) is 84.8 Å². The summed E-state index contributed by atoms with van der Waals surface area (Å²) in [6, 6.07) is 19.5. The molecule has 0 aliphatic heterocycles. The molecule has 10 heteroatoms. The third kappa shape index (κ3) is 5.19. The molecule has 0 aliphatic carbocycles. The monoisotopic (exact) mass is 428 g/mol. The molecule has 2 aromatic carbocycles. The fraction of sp³-hybridized carbons (Fsp3) is 0. The Morgan fingerprint density at radius 2 is 1.66 bits per heavy atom. The van der Waals surface area contributed by atoms with Gasteiger partial charge in [0.25, 0.3) is 0 Å². The molecule has 4 aromatic rings. The number of amides is 1. The highest BCUT2D eigenvalue weighted by atomic mass is 16.6. The third-order valence-corrected chi connectivity index (χ3v) is 4.11. The summed E-state index contributed by atoms with van der Waals surface area (Å²) < 4.78 is 10.0. The summed E-state index contributed by atoms with van der Waals surface area (Å²) in [4.78, 5) is 30.6. The number of pyridine rings is 1. The van der Waals surface area contributed by atoms with Crippen LogP contribution in [0, 0.1) is 0 Å². The van der Waals surface area contributed by atoms with Crippen molar-refractivity contribution in [2.24, 2.45) is 5.73 Å². The largest absolute Gasteiger partial charge is 0.457 e. The number of benzene rings is 2. The Hall–Kier alpha value is -4.86. The van der Waals surface area contributed by atoms with Crippen LogP contribution in [0.2, 0.25) is 0 Å². The number of hydrogen-bond acceptors (Lipinski definition) is 9. The first-order chi connectivity index (χ1) is 15.6. The molecule has 4 rings (SSSR count). The second-order valence-corrected chi connectivity index (χ2v) is 6.37. The Morgan fingerprint density at radius 3 is 2.34 bits per heavy atom. The molecule has 0 bridgehead atoms. The van der Waals surface area contributed by atoms with Crippen molar-refractivity contribution in [2.45, 2.75) is 0 Å². The van der Waals surface area contributed by atoms with Crippen LogP contribution in [0.15, 0.2) is 79.1 Å². The summed E-state index contributed by atoms with van der Waals surface area (Å²) in [5.74, 6) is 0.275. The van der Waals surface area contributed by atoms with Gasteiger partial charge in [-0.25, -0.2) is 19.6 Å². The third-order valence-electron chi connectivity index (χ3n) is 4.11. The number of nitrogens with two attached hydrogens (primary N) is 1. The Balaban J connectivity index is 1.42. The van der Waals surface area contributed by atoms with Crippen molar-refractivity contribution in [2.75, 3.05) is 5.32 Å². The van der Waals surface area contributed by atoms with Gasteiger partial charge in [0.1, 0.15) is 17.2 Å². The van der Waals surface area contributed by atoms with Gasteiger partial charge in [0.15, 0.2) is 5.69 Å². The summed E-state index contributed by atoms with van der Waals surface area (Å²) in [6.07, 6.45) is 1.77. The van der Waals surface area contributed by atoms with Crippen LogP contribution in [0.3, 0.4) is 0 Å². The smallest absolute Gasteiger partial charge is 0.412 e. The number of primary amides is 1. The van der Waals surface area contributed by atoms with E-state index in [9.17, 15) is 9.59 Å². The molecule has 0 radical (unpaired) electrons. The molecular weight excluding hydrogens is 412 g/mol. The number of aromatic nitrogens is 4. The van der Waals surface area contributed by atoms with E-state index >= 15 is 0 Å². The predicted octanol–water partition coefficient (Wildman–Crippen LogP) is 3.71. The summed E-state index contributed by atoms with van der Waals surface area (Å²) in [6.45, 7) is 0. The normalized spacial score (nSPS) is 10.2. The van der Waals surface area contributed by atoms with Crippen LogP contribution in [0.25, 0.3) is 11.3 Å². The van der Waals surface area contributed by atoms with Crippen LogP contribution in [-0.4, -0.2) is 32.2 Å². The molecule has 32 heavy (non-hydrogen) atoms. The number of hydrogen-bond donors (Lipinski definition) is 2. The minimum absolute atomic E-state index is 0.108. The fourth-order valence-corrected chi connectivity index (χ4v) is 2.68. The number of carbonyl (C=O) groups excluding carboxylic acids is 2. The van der Waals surface area contributed by atoms with Crippen molar-refractivity contribution in [1.82, 2.24) is 20.2 Å². The topological polar surface area (TPSA) is 142 Å². The maximum atomic E-state index is 11.7. The molecular formula is C22H16N6O4. The van der Waals surface area contributed by atoms with E-state index in [0.29, 0.717) is 23.1 Å². The lowest BCUT2D eigenvalue weighted by Gasteiger charge is -2.08. The summed E-state index contributed by atoms with van der Waals surface area (Å²) in [7, 11) is 0. The molecule has 0 saturated heterocycles. The van der Waals surface area contributed by atoms with E-state index < -0.39 is 12.1 Å². The lowest BCUT2D eigenvalue weighted by molar-refractivity contribution is 0.0631. The van der Waals surface area contributed by atoms with Gasteiger partial charge in [0.2, 0.25) is 5.95 Å². The van der Waals surface area contributed by atoms with Gasteiger partial charge in [0.05, 0.1) is 6.20 Å². The minimum atomic E-state index is -1.21. The highest BCUT2D eigenvalue weighted by Gasteiger charge is 2.13. The van der Waals surface area contributed by atoms with Gasteiger partial charge in [-0.15, -0.1) is 10.2 Å². The maximum absolute atomic E-state index is 11.7. The number of ether oxygens (including phenoxy) is 2. The van der Waals surface area contributed by atoms with Gasteiger partial charge >= 0.3 is 12.1 Å². The van der Waals surface area contributed by atoms with E-state index in [0.717, 1.165) is 11.3 Å². The van der Waals surface area contributed by atoms with Gasteiger partial charge in [-0.3, -0.25) is 0 Å². The Labute approximate surface area is 182 Å². The van der Waals surface area contributed by atoms with Gasteiger partial charge in [-0.2, -0.15) is 0 Å². The van der Waals surface area contributed by atoms with Gasteiger partial charge in [0, 0.05) is 23.5 Å². The van der Waals surface area contributed by atoms with E-state index in [-0.39, 0.29) is 5.69 Å². The van der Waals surface area contributed by atoms with E-state index in [1.807, 2.05) is 30.3 Å². The first kappa shape index (κ1) is 20.4. The van der Waals surface area contributed by atoms with Crippen LogP contribution >= 0.6 is 0 Å². The Kier molecular flexibility index (Phi) is 5.94. The number of nitrogens with zero attached hydrogens (tertiary/aromatic N) is 4. The van der Waals surface area contributed by atoms with E-state index in [4.69, 9.17) is 10.5 Å². The standard InChI is InChI=1S/C22H16N6O4/c23-21(30)32-20(29)18-12-17(10-11-24-18)31-16-8-6-14(7-9-16)19-13-25-22(28-27-19)26-15-4-2-1-3-5-15/h1-13H,(H2,23,30)(H,25,26,28). The predicted molar refractivity (Wildman–Crippen MR) is 114 cm³/mol. The lowest BCUT2D eigenvalue weighted by atomic mass is 10.1. The first-order valence-electron chi connectivity index (χ1n) is 9.34. The second kappa shape index (κ2) is 9.30. The summed E-state index contributed by atoms with van der Waals surface area (Å²) in [5.41, 5.74) is 6.99. The fourth-order valence-electron chi connectivity index (χ4n) is 2.68. The Morgan fingerprint density at radius 1 is 0.875 bits per heavy atom. The number of esters is 1. The van der Waals surface area contributed by atoms with Crippen molar-refractivity contribution >= 4 is 23.7 Å². The average Bonchev–Trinajstić information content (AvgIpc) is 2.81. The molecule has 0 atom stereocenters. The van der Waals surface area contributed by atoms with Crippen LogP contribution in [0.5, 0.6) is 11.5 Å².